The molecule has 11 heavy (non-hydrogen) atoms. The minimum absolute atomic E-state index is 0.170. The molecule has 0 aliphatic heterocycles. The zero-order chi connectivity index (χ0) is 8.10. The number of methoxy groups -OCH3 is 1. The molecule has 0 unspecified atom stereocenters. The molecule has 1 aliphatic rings. The first-order valence-corrected chi connectivity index (χ1v) is 4.24. The normalized spacial score (nSPS) is 19.8. The molecule has 1 rings (SSSR count). The molecule has 0 spiro atoms. The third-order valence-corrected chi connectivity index (χ3v) is 2.21. The minimum atomic E-state index is 0.170. The number of hydrogen-bond donors (Lipinski definition) is 1. The Balaban J connectivity index is 2.64. The fourth-order valence-corrected chi connectivity index (χ4v) is 1.53. The summed E-state index contributed by atoms with van der Waals surface area (Å²) in [6.07, 6.45) is 5.68. The van der Waals surface area contributed by atoms with Gasteiger partial charge in [0.1, 0.15) is 0 Å². The molecule has 0 saturated carbocycles. The average Bonchev–Trinajstić information content (AvgIpc) is 2.27. The summed E-state index contributed by atoms with van der Waals surface area (Å²) in [7, 11) is 1.69. The van der Waals surface area contributed by atoms with Gasteiger partial charge in [0.05, 0.1) is 19.5 Å². The first-order valence-electron chi connectivity index (χ1n) is 4.24. The Kier molecular flexibility index (Phi) is 3.43. The molecule has 1 N–H and O–H groups in total. The monoisotopic (exact) mass is 156 g/mol. The summed E-state index contributed by atoms with van der Waals surface area (Å²) >= 11 is 0. The molecule has 0 atom stereocenters. The van der Waals surface area contributed by atoms with Crippen LogP contribution in [0, 0.1) is 0 Å². The maximum Gasteiger partial charge on any atom is 0.0970 e. The maximum absolute atomic E-state index is 8.98. The van der Waals surface area contributed by atoms with Gasteiger partial charge in [0.15, 0.2) is 0 Å². The van der Waals surface area contributed by atoms with Crippen molar-refractivity contribution in [1.82, 2.24) is 0 Å². The molecule has 0 heterocycles. The summed E-state index contributed by atoms with van der Waals surface area (Å²) in [5, 5.41) is 8.98. The van der Waals surface area contributed by atoms with E-state index in [2.05, 4.69) is 0 Å². The van der Waals surface area contributed by atoms with Gasteiger partial charge in [-0.15, -0.1) is 0 Å². The van der Waals surface area contributed by atoms with Crippen molar-refractivity contribution in [3.8, 4) is 0 Å². The lowest BCUT2D eigenvalue weighted by atomic mass is 10.1. The van der Waals surface area contributed by atoms with Gasteiger partial charge in [-0.2, -0.15) is 0 Å². The number of hydrogen-bond acceptors (Lipinski definition) is 2. The SMILES string of the molecule is COC1=C(CO)CCCCC1. The van der Waals surface area contributed by atoms with E-state index in [-0.39, 0.29) is 6.61 Å². The van der Waals surface area contributed by atoms with E-state index in [1.165, 1.54) is 19.3 Å². The predicted octanol–water partition coefficient (Wildman–Crippen LogP) is 1.84. The summed E-state index contributed by atoms with van der Waals surface area (Å²) < 4.78 is 5.19. The highest BCUT2D eigenvalue weighted by atomic mass is 16.5. The summed E-state index contributed by atoms with van der Waals surface area (Å²) in [5.41, 5.74) is 1.10. The number of rotatable bonds is 2. The largest absolute Gasteiger partial charge is 0.501 e. The van der Waals surface area contributed by atoms with E-state index in [4.69, 9.17) is 9.84 Å². The van der Waals surface area contributed by atoms with Crippen molar-refractivity contribution in [2.45, 2.75) is 32.1 Å². The van der Waals surface area contributed by atoms with Crippen LogP contribution in [-0.4, -0.2) is 18.8 Å². The van der Waals surface area contributed by atoms with Crippen LogP contribution in [0.4, 0.5) is 0 Å². The van der Waals surface area contributed by atoms with Crippen LogP contribution in [0.15, 0.2) is 11.3 Å². The lowest BCUT2D eigenvalue weighted by Crippen LogP contribution is -1.97. The Labute approximate surface area is 67.9 Å². The van der Waals surface area contributed by atoms with Gasteiger partial charge in [0.2, 0.25) is 0 Å². The van der Waals surface area contributed by atoms with Crippen LogP contribution in [0.2, 0.25) is 0 Å². The van der Waals surface area contributed by atoms with E-state index in [9.17, 15) is 0 Å². The van der Waals surface area contributed by atoms with E-state index in [0.717, 1.165) is 24.2 Å². The molecule has 2 heteroatoms. The molecular formula is C9H16O2. The molecule has 1 aliphatic carbocycles. The van der Waals surface area contributed by atoms with Crippen LogP contribution in [0.25, 0.3) is 0 Å². The van der Waals surface area contributed by atoms with E-state index < -0.39 is 0 Å². The van der Waals surface area contributed by atoms with Crippen molar-refractivity contribution in [1.29, 1.82) is 0 Å². The average molecular weight is 156 g/mol. The van der Waals surface area contributed by atoms with Crippen LogP contribution in [0.5, 0.6) is 0 Å². The fraction of sp³-hybridized carbons (Fsp3) is 0.778. The van der Waals surface area contributed by atoms with Gasteiger partial charge in [0, 0.05) is 6.42 Å². The summed E-state index contributed by atoms with van der Waals surface area (Å²) in [5.74, 6) is 1.02. The van der Waals surface area contributed by atoms with Gasteiger partial charge in [-0.1, -0.05) is 6.42 Å². The molecule has 0 aromatic rings. The van der Waals surface area contributed by atoms with Crippen molar-refractivity contribution in [3.05, 3.63) is 11.3 Å². The van der Waals surface area contributed by atoms with Gasteiger partial charge in [0.25, 0.3) is 0 Å². The first kappa shape index (κ1) is 8.60. The summed E-state index contributed by atoms with van der Waals surface area (Å²) in [4.78, 5) is 0. The molecule has 0 radical (unpaired) electrons. The third kappa shape index (κ3) is 2.22. The van der Waals surface area contributed by atoms with Gasteiger partial charge >= 0.3 is 0 Å². The molecule has 2 nitrogen and oxygen atoms in total. The Morgan fingerprint density at radius 2 is 2.00 bits per heavy atom. The molecule has 0 aromatic heterocycles. The van der Waals surface area contributed by atoms with Gasteiger partial charge < -0.3 is 9.84 Å². The molecular weight excluding hydrogens is 140 g/mol. The lowest BCUT2D eigenvalue weighted by molar-refractivity contribution is 0.255. The van der Waals surface area contributed by atoms with Crippen LogP contribution < -0.4 is 0 Å². The second kappa shape index (κ2) is 4.39. The van der Waals surface area contributed by atoms with E-state index in [1.807, 2.05) is 0 Å². The predicted molar refractivity (Wildman–Crippen MR) is 44.2 cm³/mol. The van der Waals surface area contributed by atoms with E-state index >= 15 is 0 Å². The minimum Gasteiger partial charge on any atom is -0.501 e. The standard InChI is InChI=1S/C9H16O2/c1-11-9-6-4-2-3-5-8(9)7-10/h10H,2-7H2,1H3. The highest BCUT2D eigenvalue weighted by Crippen LogP contribution is 2.23. The molecule has 64 valence electrons. The Bertz CT molecular complexity index is 134. The van der Waals surface area contributed by atoms with E-state index in [1.54, 1.807) is 7.11 Å². The zero-order valence-corrected chi connectivity index (χ0v) is 7.10. The zero-order valence-electron chi connectivity index (χ0n) is 7.10. The molecule has 0 amide bonds. The van der Waals surface area contributed by atoms with Gasteiger partial charge in [-0.05, 0) is 24.8 Å². The van der Waals surface area contributed by atoms with Gasteiger partial charge in [-0.25, -0.2) is 0 Å². The number of aliphatic hydroxyl groups is 1. The van der Waals surface area contributed by atoms with E-state index in [0.29, 0.717) is 0 Å². The topological polar surface area (TPSA) is 29.5 Å². The third-order valence-electron chi connectivity index (χ3n) is 2.21. The van der Waals surface area contributed by atoms with Crippen LogP contribution in [0.1, 0.15) is 32.1 Å². The Morgan fingerprint density at radius 3 is 2.64 bits per heavy atom. The summed E-state index contributed by atoms with van der Waals surface area (Å²) in [6, 6.07) is 0. The van der Waals surface area contributed by atoms with Crippen LogP contribution in [0.3, 0.4) is 0 Å². The Hall–Kier alpha value is -0.500. The van der Waals surface area contributed by atoms with Crippen molar-refractivity contribution in [3.63, 3.8) is 0 Å². The number of allylic oxidation sites excluding steroid dienone is 1. The van der Waals surface area contributed by atoms with Crippen LogP contribution >= 0.6 is 0 Å². The van der Waals surface area contributed by atoms with Gasteiger partial charge in [-0.3, -0.25) is 0 Å². The van der Waals surface area contributed by atoms with Crippen molar-refractivity contribution in [2.75, 3.05) is 13.7 Å². The molecule has 0 fully saturated rings. The van der Waals surface area contributed by atoms with Crippen LogP contribution in [-0.2, 0) is 4.74 Å². The first-order chi connectivity index (χ1) is 5.38. The molecule has 0 aromatic carbocycles. The second-order valence-electron chi connectivity index (χ2n) is 2.95. The highest BCUT2D eigenvalue weighted by Gasteiger charge is 2.10. The molecule has 0 saturated heterocycles. The highest BCUT2D eigenvalue weighted by molar-refractivity contribution is 5.10. The summed E-state index contributed by atoms with van der Waals surface area (Å²) in [6.45, 7) is 0.170. The smallest absolute Gasteiger partial charge is 0.0970 e. The molecule has 0 bridgehead atoms. The van der Waals surface area contributed by atoms with Crippen molar-refractivity contribution < 1.29 is 9.84 Å². The Morgan fingerprint density at radius 1 is 1.27 bits per heavy atom. The fourth-order valence-electron chi connectivity index (χ4n) is 1.53. The number of aliphatic hydroxyl groups excluding tert-OH is 1. The second-order valence-corrected chi connectivity index (χ2v) is 2.95. The quantitative estimate of drug-likeness (QED) is 0.661. The lowest BCUT2D eigenvalue weighted by Gasteiger charge is -2.07. The maximum atomic E-state index is 8.98. The number of ether oxygens (including phenoxy) is 1. The van der Waals surface area contributed by atoms with Crippen molar-refractivity contribution >= 4 is 0 Å². The van der Waals surface area contributed by atoms with Crippen molar-refractivity contribution in [2.24, 2.45) is 0 Å².